The van der Waals surface area contributed by atoms with Gasteiger partial charge >= 0.3 is 6.03 Å². The minimum atomic E-state index is -0.0775. The average molecular weight is 369 g/mol. The maximum Gasteiger partial charge on any atom is 0.322 e. The Labute approximate surface area is 160 Å². The second-order valence-corrected chi connectivity index (χ2v) is 6.47. The molecule has 1 fully saturated rings. The molecule has 0 aliphatic carbocycles. The van der Waals surface area contributed by atoms with Gasteiger partial charge in [-0.3, -0.25) is 4.90 Å². The average Bonchev–Trinajstić information content (AvgIpc) is 2.71. The maximum absolute atomic E-state index is 12.6. The number of rotatable bonds is 6. The minimum Gasteiger partial charge on any atom is -0.497 e. The molecule has 144 valence electrons. The van der Waals surface area contributed by atoms with Crippen LogP contribution in [0.1, 0.15) is 12.5 Å². The molecule has 0 spiro atoms. The second kappa shape index (κ2) is 9.28. The van der Waals surface area contributed by atoms with Crippen LogP contribution in [0.15, 0.2) is 48.5 Å². The van der Waals surface area contributed by atoms with Crippen molar-refractivity contribution in [3.8, 4) is 11.5 Å². The van der Waals surface area contributed by atoms with Gasteiger partial charge in [0.25, 0.3) is 0 Å². The highest BCUT2D eigenvalue weighted by molar-refractivity contribution is 5.91. The van der Waals surface area contributed by atoms with Gasteiger partial charge in [-0.15, -0.1) is 0 Å². The molecule has 6 nitrogen and oxygen atoms in total. The van der Waals surface area contributed by atoms with Gasteiger partial charge in [0.2, 0.25) is 0 Å². The first-order valence-electron chi connectivity index (χ1n) is 9.32. The van der Waals surface area contributed by atoms with Crippen molar-refractivity contribution in [2.75, 3.05) is 45.2 Å². The van der Waals surface area contributed by atoms with Crippen molar-refractivity contribution in [2.45, 2.75) is 13.5 Å². The van der Waals surface area contributed by atoms with Crippen molar-refractivity contribution in [1.82, 2.24) is 9.80 Å². The summed E-state index contributed by atoms with van der Waals surface area (Å²) in [5.74, 6) is 1.57. The van der Waals surface area contributed by atoms with E-state index < -0.39 is 0 Å². The van der Waals surface area contributed by atoms with Crippen LogP contribution in [0.3, 0.4) is 0 Å². The van der Waals surface area contributed by atoms with Crippen molar-refractivity contribution in [1.29, 1.82) is 0 Å². The fourth-order valence-corrected chi connectivity index (χ4v) is 3.14. The highest BCUT2D eigenvalue weighted by Crippen LogP contribution is 2.24. The molecule has 0 saturated carbocycles. The third-order valence-corrected chi connectivity index (χ3v) is 4.65. The largest absolute Gasteiger partial charge is 0.497 e. The summed E-state index contributed by atoms with van der Waals surface area (Å²) < 4.78 is 10.8. The normalized spacial score (nSPS) is 14.7. The summed E-state index contributed by atoms with van der Waals surface area (Å²) in [6, 6.07) is 15.6. The first-order chi connectivity index (χ1) is 13.2. The number of urea groups is 1. The quantitative estimate of drug-likeness (QED) is 0.847. The Kier molecular flexibility index (Phi) is 6.54. The number of benzene rings is 2. The van der Waals surface area contributed by atoms with Crippen LogP contribution in [-0.4, -0.2) is 55.7 Å². The predicted octanol–water partition coefficient (Wildman–Crippen LogP) is 3.44. The molecule has 0 atom stereocenters. The van der Waals surface area contributed by atoms with Crippen molar-refractivity contribution in [3.63, 3.8) is 0 Å². The molecule has 2 amide bonds. The standard InChI is InChI=1S/C21H27N3O3/c1-3-27-20-7-5-4-6-19(20)22-21(25)24-14-12-23(13-15-24)16-17-8-10-18(26-2)11-9-17/h4-11H,3,12-16H2,1-2H3,(H,22,25). The van der Waals surface area contributed by atoms with E-state index in [4.69, 9.17) is 9.47 Å². The molecule has 0 aromatic heterocycles. The Morgan fingerprint density at radius 1 is 1.04 bits per heavy atom. The molecule has 1 aliphatic rings. The van der Waals surface area contributed by atoms with E-state index in [0.29, 0.717) is 31.1 Å². The van der Waals surface area contributed by atoms with Crippen LogP contribution in [0.2, 0.25) is 0 Å². The monoisotopic (exact) mass is 369 g/mol. The summed E-state index contributed by atoms with van der Waals surface area (Å²) in [6.07, 6.45) is 0. The van der Waals surface area contributed by atoms with Gasteiger partial charge in [0.05, 0.1) is 19.4 Å². The molecule has 0 unspecified atom stereocenters. The van der Waals surface area contributed by atoms with Crippen LogP contribution in [-0.2, 0) is 6.54 Å². The Hall–Kier alpha value is -2.73. The number of carbonyl (C=O) groups excluding carboxylic acids is 1. The SMILES string of the molecule is CCOc1ccccc1NC(=O)N1CCN(Cc2ccc(OC)cc2)CC1. The Morgan fingerprint density at radius 2 is 1.74 bits per heavy atom. The number of nitrogens with one attached hydrogen (secondary N) is 1. The lowest BCUT2D eigenvalue weighted by molar-refractivity contribution is 0.143. The molecular weight excluding hydrogens is 342 g/mol. The lowest BCUT2D eigenvalue weighted by Gasteiger charge is -2.34. The van der Waals surface area contributed by atoms with E-state index in [9.17, 15) is 4.79 Å². The van der Waals surface area contributed by atoms with Crippen LogP contribution in [0.5, 0.6) is 11.5 Å². The zero-order valence-electron chi connectivity index (χ0n) is 16.0. The Morgan fingerprint density at radius 3 is 2.41 bits per heavy atom. The number of methoxy groups -OCH3 is 1. The van der Waals surface area contributed by atoms with E-state index in [0.717, 1.165) is 25.4 Å². The number of para-hydroxylation sites is 2. The van der Waals surface area contributed by atoms with E-state index in [1.165, 1.54) is 5.56 Å². The molecule has 6 heteroatoms. The van der Waals surface area contributed by atoms with Crippen LogP contribution in [0.4, 0.5) is 10.5 Å². The number of amides is 2. The molecule has 1 heterocycles. The highest BCUT2D eigenvalue weighted by Gasteiger charge is 2.21. The van der Waals surface area contributed by atoms with Gasteiger partial charge < -0.3 is 19.7 Å². The van der Waals surface area contributed by atoms with Gasteiger partial charge in [-0.25, -0.2) is 4.79 Å². The number of hydrogen-bond acceptors (Lipinski definition) is 4. The molecule has 0 bridgehead atoms. The van der Waals surface area contributed by atoms with Gasteiger partial charge in [-0.1, -0.05) is 24.3 Å². The third kappa shape index (κ3) is 5.14. The Balaban J connectivity index is 1.50. The molecule has 2 aromatic carbocycles. The van der Waals surface area contributed by atoms with Gasteiger partial charge in [-0.2, -0.15) is 0 Å². The lowest BCUT2D eigenvalue weighted by Crippen LogP contribution is -2.49. The summed E-state index contributed by atoms with van der Waals surface area (Å²) >= 11 is 0. The number of anilines is 1. The molecule has 27 heavy (non-hydrogen) atoms. The first-order valence-corrected chi connectivity index (χ1v) is 9.32. The van der Waals surface area contributed by atoms with E-state index >= 15 is 0 Å². The van der Waals surface area contributed by atoms with Gasteiger partial charge in [0.1, 0.15) is 11.5 Å². The molecule has 1 aliphatic heterocycles. The van der Waals surface area contributed by atoms with Crippen molar-refractivity contribution < 1.29 is 14.3 Å². The topological polar surface area (TPSA) is 54.0 Å². The van der Waals surface area contributed by atoms with Gasteiger partial charge in [0, 0.05) is 32.7 Å². The van der Waals surface area contributed by atoms with Crippen molar-refractivity contribution in [3.05, 3.63) is 54.1 Å². The number of nitrogens with zero attached hydrogens (tertiary/aromatic N) is 2. The third-order valence-electron chi connectivity index (χ3n) is 4.65. The van der Waals surface area contributed by atoms with Crippen LogP contribution in [0, 0.1) is 0 Å². The van der Waals surface area contributed by atoms with Crippen LogP contribution < -0.4 is 14.8 Å². The molecule has 2 aromatic rings. The molecular formula is C21H27N3O3. The van der Waals surface area contributed by atoms with Gasteiger partial charge in [-0.05, 0) is 36.8 Å². The lowest BCUT2D eigenvalue weighted by atomic mass is 10.2. The summed E-state index contributed by atoms with van der Waals surface area (Å²) in [5.41, 5.74) is 1.96. The predicted molar refractivity (Wildman–Crippen MR) is 106 cm³/mol. The molecule has 1 N–H and O–H groups in total. The maximum atomic E-state index is 12.6. The summed E-state index contributed by atoms with van der Waals surface area (Å²) in [5, 5.41) is 2.97. The van der Waals surface area contributed by atoms with E-state index in [1.54, 1.807) is 7.11 Å². The first kappa shape index (κ1) is 19.0. The summed E-state index contributed by atoms with van der Waals surface area (Å²) in [4.78, 5) is 16.8. The fraction of sp³-hybridized carbons (Fsp3) is 0.381. The van der Waals surface area contributed by atoms with Crippen LogP contribution >= 0.6 is 0 Å². The Bertz CT molecular complexity index is 741. The zero-order chi connectivity index (χ0) is 19.1. The zero-order valence-corrected chi connectivity index (χ0v) is 16.0. The summed E-state index contributed by atoms with van der Waals surface area (Å²) in [7, 11) is 1.67. The smallest absolute Gasteiger partial charge is 0.322 e. The molecule has 3 rings (SSSR count). The second-order valence-electron chi connectivity index (χ2n) is 6.47. The highest BCUT2D eigenvalue weighted by atomic mass is 16.5. The number of ether oxygens (including phenoxy) is 2. The molecule has 1 saturated heterocycles. The fourth-order valence-electron chi connectivity index (χ4n) is 3.14. The van der Waals surface area contributed by atoms with Gasteiger partial charge in [0.15, 0.2) is 0 Å². The van der Waals surface area contributed by atoms with Crippen molar-refractivity contribution >= 4 is 11.7 Å². The summed E-state index contributed by atoms with van der Waals surface area (Å²) in [6.45, 7) is 6.50. The number of piperazine rings is 1. The number of carbonyl (C=O) groups is 1. The van der Waals surface area contributed by atoms with Crippen molar-refractivity contribution in [2.24, 2.45) is 0 Å². The van der Waals surface area contributed by atoms with E-state index in [-0.39, 0.29) is 6.03 Å². The minimum absolute atomic E-state index is 0.0775. The van der Waals surface area contributed by atoms with Crippen LogP contribution in [0.25, 0.3) is 0 Å². The number of hydrogen-bond donors (Lipinski definition) is 1. The van der Waals surface area contributed by atoms with E-state index in [1.807, 2.05) is 48.2 Å². The molecule has 0 radical (unpaired) electrons. The van der Waals surface area contributed by atoms with E-state index in [2.05, 4.69) is 22.3 Å².